The van der Waals surface area contributed by atoms with Gasteiger partial charge in [0.25, 0.3) is 0 Å². The molecular formula is C8H16N2O3. The molecule has 0 aromatic carbocycles. The normalized spacial score (nSPS) is 14.7. The number of nitrogens with two attached hydrogens (primary N) is 1. The van der Waals surface area contributed by atoms with Crippen molar-refractivity contribution in [2.24, 2.45) is 11.7 Å². The third-order valence-electron chi connectivity index (χ3n) is 1.78. The molecule has 0 aromatic rings. The molecule has 0 saturated heterocycles. The Morgan fingerprint density at radius 1 is 1.46 bits per heavy atom. The molecule has 76 valence electrons. The Bertz CT molecular complexity index is 194. The number of carboxylic acids is 1. The summed E-state index contributed by atoms with van der Waals surface area (Å²) in [6, 6.07) is -0.840. The first-order chi connectivity index (χ1) is 5.99. The monoisotopic (exact) mass is 188 g/mol. The van der Waals surface area contributed by atoms with Crippen LogP contribution >= 0.6 is 0 Å². The minimum atomic E-state index is -1.03. The van der Waals surface area contributed by atoms with Gasteiger partial charge in [0.15, 0.2) is 0 Å². The molecule has 0 saturated carbocycles. The Kier molecular flexibility index (Phi) is 5.06. The van der Waals surface area contributed by atoms with Gasteiger partial charge in [0.05, 0.1) is 0 Å². The molecule has 0 fully saturated rings. The number of amides is 1. The lowest BCUT2D eigenvalue weighted by Crippen LogP contribution is -2.41. The van der Waals surface area contributed by atoms with Gasteiger partial charge in [-0.1, -0.05) is 6.92 Å². The number of hydrogen-bond donors (Lipinski definition) is 3. The fourth-order valence-corrected chi connectivity index (χ4v) is 0.798. The minimum Gasteiger partial charge on any atom is -0.480 e. The first-order valence-corrected chi connectivity index (χ1v) is 4.22. The maximum atomic E-state index is 11.2. The molecule has 2 atom stereocenters. The number of carboxylic acid groups (broad SMARTS) is 1. The van der Waals surface area contributed by atoms with Gasteiger partial charge in [0, 0.05) is 5.92 Å². The number of carbonyl (C=O) groups excluding carboxylic acids is 1. The van der Waals surface area contributed by atoms with Crippen molar-refractivity contribution in [2.45, 2.75) is 26.3 Å². The second kappa shape index (κ2) is 5.53. The Morgan fingerprint density at radius 3 is 2.38 bits per heavy atom. The Morgan fingerprint density at radius 2 is 2.00 bits per heavy atom. The molecule has 5 nitrogen and oxygen atoms in total. The Balaban J connectivity index is 3.92. The van der Waals surface area contributed by atoms with Gasteiger partial charge < -0.3 is 16.2 Å². The van der Waals surface area contributed by atoms with Crippen molar-refractivity contribution >= 4 is 11.9 Å². The zero-order valence-electron chi connectivity index (χ0n) is 7.91. The predicted molar refractivity (Wildman–Crippen MR) is 48.1 cm³/mol. The zero-order chi connectivity index (χ0) is 10.4. The van der Waals surface area contributed by atoms with Crippen molar-refractivity contribution in [3.05, 3.63) is 0 Å². The highest BCUT2D eigenvalue weighted by Gasteiger charge is 2.17. The summed E-state index contributed by atoms with van der Waals surface area (Å²) in [5.41, 5.74) is 5.26. The molecule has 4 N–H and O–H groups in total. The molecule has 1 unspecified atom stereocenters. The summed E-state index contributed by atoms with van der Waals surface area (Å²) in [7, 11) is 0. The van der Waals surface area contributed by atoms with E-state index in [9.17, 15) is 9.59 Å². The van der Waals surface area contributed by atoms with Crippen LogP contribution in [0.2, 0.25) is 0 Å². The van der Waals surface area contributed by atoms with Crippen LogP contribution < -0.4 is 11.1 Å². The number of rotatable bonds is 5. The quantitative estimate of drug-likeness (QED) is 0.545. The number of aliphatic carboxylic acids is 1. The van der Waals surface area contributed by atoms with E-state index in [1.165, 1.54) is 6.92 Å². The van der Waals surface area contributed by atoms with Crippen LogP contribution in [0.15, 0.2) is 0 Å². The van der Waals surface area contributed by atoms with Crippen molar-refractivity contribution in [2.75, 3.05) is 6.54 Å². The van der Waals surface area contributed by atoms with E-state index in [0.717, 1.165) is 0 Å². The molecule has 0 aromatic heterocycles. The standard InChI is InChI=1S/C8H16N2O3/c1-5(3-4-9)7(11)10-6(2)8(12)13/h5-6H,3-4,9H2,1-2H3,(H,10,11)(H,12,13)/t5?,6-/m0/s1. The van der Waals surface area contributed by atoms with E-state index in [-0.39, 0.29) is 11.8 Å². The lowest BCUT2D eigenvalue weighted by Gasteiger charge is -2.13. The van der Waals surface area contributed by atoms with E-state index in [0.29, 0.717) is 13.0 Å². The average Bonchev–Trinajstić information content (AvgIpc) is 2.04. The largest absolute Gasteiger partial charge is 0.480 e. The van der Waals surface area contributed by atoms with Gasteiger partial charge in [-0.05, 0) is 19.9 Å². The van der Waals surface area contributed by atoms with Crippen molar-refractivity contribution in [3.63, 3.8) is 0 Å². The summed E-state index contributed by atoms with van der Waals surface area (Å²) in [6.45, 7) is 3.57. The van der Waals surface area contributed by atoms with Crippen molar-refractivity contribution in [1.29, 1.82) is 0 Å². The summed E-state index contributed by atoms with van der Waals surface area (Å²) >= 11 is 0. The van der Waals surface area contributed by atoms with E-state index in [1.54, 1.807) is 6.92 Å². The van der Waals surface area contributed by atoms with E-state index in [2.05, 4.69) is 5.32 Å². The highest BCUT2D eigenvalue weighted by Crippen LogP contribution is 2.00. The number of carbonyl (C=O) groups is 2. The molecule has 0 aliphatic heterocycles. The van der Waals surface area contributed by atoms with Crippen LogP contribution in [-0.2, 0) is 9.59 Å². The lowest BCUT2D eigenvalue weighted by molar-refractivity contribution is -0.141. The topological polar surface area (TPSA) is 92.4 Å². The summed E-state index contributed by atoms with van der Waals surface area (Å²) in [5, 5.41) is 10.9. The fraction of sp³-hybridized carbons (Fsp3) is 0.750. The van der Waals surface area contributed by atoms with Crippen molar-refractivity contribution < 1.29 is 14.7 Å². The molecule has 0 bridgehead atoms. The van der Waals surface area contributed by atoms with Crippen LogP contribution in [0.25, 0.3) is 0 Å². The summed E-state index contributed by atoms with van der Waals surface area (Å²) in [5.74, 6) is -1.53. The van der Waals surface area contributed by atoms with Crippen molar-refractivity contribution in [3.8, 4) is 0 Å². The van der Waals surface area contributed by atoms with Crippen LogP contribution in [0.5, 0.6) is 0 Å². The molecule has 0 aliphatic rings. The summed E-state index contributed by atoms with van der Waals surface area (Å²) < 4.78 is 0. The molecule has 0 heterocycles. The van der Waals surface area contributed by atoms with Crippen LogP contribution in [0.4, 0.5) is 0 Å². The van der Waals surface area contributed by atoms with E-state index in [1.807, 2.05) is 0 Å². The molecule has 0 radical (unpaired) electrons. The minimum absolute atomic E-state index is 0.230. The summed E-state index contributed by atoms with van der Waals surface area (Å²) in [4.78, 5) is 21.6. The van der Waals surface area contributed by atoms with E-state index >= 15 is 0 Å². The van der Waals surface area contributed by atoms with Gasteiger partial charge in [-0.3, -0.25) is 9.59 Å². The van der Waals surface area contributed by atoms with Crippen LogP contribution in [0, 0.1) is 5.92 Å². The fourth-order valence-electron chi connectivity index (χ4n) is 0.798. The predicted octanol–water partition coefficient (Wildman–Crippen LogP) is -0.439. The van der Waals surface area contributed by atoms with Gasteiger partial charge in [-0.15, -0.1) is 0 Å². The second-order valence-corrected chi connectivity index (χ2v) is 3.05. The van der Waals surface area contributed by atoms with Crippen LogP contribution in [0.3, 0.4) is 0 Å². The maximum Gasteiger partial charge on any atom is 0.325 e. The molecule has 0 spiro atoms. The molecule has 1 amide bonds. The van der Waals surface area contributed by atoms with Gasteiger partial charge in [-0.2, -0.15) is 0 Å². The first kappa shape index (κ1) is 11.9. The van der Waals surface area contributed by atoms with Crippen molar-refractivity contribution in [1.82, 2.24) is 5.32 Å². The molecule has 0 rings (SSSR count). The molecule has 0 aliphatic carbocycles. The third-order valence-corrected chi connectivity index (χ3v) is 1.78. The third kappa shape index (κ3) is 4.47. The SMILES string of the molecule is CC(CCN)C(=O)N[C@@H](C)C(=O)O. The summed E-state index contributed by atoms with van der Waals surface area (Å²) in [6.07, 6.45) is 0.568. The molecular weight excluding hydrogens is 172 g/mol. The first-order valence-electron chi connectivity index (χ1n) is 4.22. The van der Waals surface area contributed by atoms with Crippen LogP contribution in [-0.4, -0.2) is 29.6 Å². The van der Waals surface area contributed by atoms with E-state index < -0.39 is 12.0 Å². The van der Waals surface area contributed by atoms with Gasteiger partial charge in [-0.25, -0.2) is 0 Å². The molecule has 13 heavy (non-hydrogen) atoms. The average molecular weight is 188 g/mol. The lowest BCUT2D eigenvalue weighted by atomic mass is 10.1. The van der Waals surface area contributed by atoms with E-state index in [4.69, 9.17) is 10.8 Å². The number of nitrogens with one attached hydrogen (secondary N) is 1. The van der Waals surface area contributed by atoms with Gasteiger partial charge in [0.2, 0.25) is 5.91 Å². The highest BCUT2D eigenvalue weighted by molar-refractivity contribution is 5.84. The molecule has 5 heteroatoms. The maximum absolute atomic E-state index is 11.2. The Labute approximate surface area is 77.3 Å². The number of hydrogen-bond acceptors (Lipinski definition) is 3. The Hall–Kier alpha value is -1.10. The van der Waals surface area contributed by atoms with Gasteiger partial charge in [0.1, 0.15) is 6.04 Å². The zero-order valence-corrected chi connectivity index (χ0v) is 7.91. The van der Waals surface area contributed by atoms with Gasteiger partial charge >= 0.3 is 5.97 Å². The highest BCUT2D eigenvalue weighted by atomic mass is 16.4. The second-order valence-electron chi connectivity index (χ2n) is 3.05. The van der Waals surface area contributed by atoms with Crippen LogP contribution in [0.1, 0.15) is 20.3 Å². The smallest absolute Gasteiger partial charge is 0.325 e.